The van der Waals surface area contributed by atoms with Crippen molar-refractivity contribution in [1.29, 1.82) is 0 Å². The van der Waals surface area contributed by atoms with Gasteiger partial charge in [-0.05, 0) is 35.6 Å². The van der Waals surface area contributed by atoms with Gasteiger partial charge in [0.15, 0.2) is 13.6 Å². The van der Waals surface area contributed by atoms with E-state index in [0.29, 0.717) is 5.56 Å². The minimum Gasteiger partial charge on any atom is -0.425 e. The van der Waals surface area contributed by atoms with Crippen molar-refractivity contribution in [3.05, 3.63) is 94.8 Å². The first-order valence-corrected chi connectivity index (χ1v) is 14.1. The Bertz CT molecular complexity index is 1300. The van der Waals surface area contributed by atoms with E-state index in [1.54, 1.807) is 36.4 Å². The molecule has 1 saturated heterocycles. The van der Waals surface area contributed by atoms with Gasteiger partial charge in [-0.2, -0.15) is 0 Å². The minimum atomic E-state index is -4.89. The fourth-order valence-electron chi connectivity index (χ4n) is 3.46. The molecule has 1 aliphatic heterocycles. The lowest BCUT2D eigenvalue weighted by molar-refractivity contribution is -0.133. The van der Waals surface area contributed by atoms with Gasteiger partial charge in [-0.3, -0.25) is 23.4 Å². The van der Waals surface area contributed by atoms with Gasteiger partial charge in [0.25, 0.3) is 0 Å². The quantitative estimate of drug-likeness (QED) is 0.239. The third kappa shape index (κ3) is 5.43. The maximum absolute atomic E-state index is 13.1. The number of rotatable bonds is 6. The number of ether oxygens (including phenoxy) is 1. The zero-order valence-corrected chi connectivity index (χ0v) is 20.8. The van der Waals surface area contributed by atoms with Crippen LogP contribution >= 0.6 is 26.5 Å². The summed E-state index contributed by atoms with van der Waals surface area (Å²) in [6.07, 6.45) is 4.42. The van der Waals surface area contributed by atoms with Crippen molar-refractivity contribution in [3.63, 3.8) is 0 Å². The smallest absolute Gasteiger partial charge is 0.371 e. The molecule has 4 rings (SSSR count). The van der Waals surface area contributed by atoms with E-state index in [1.165, 1.54) is 30.6 Å². The van der Waals surface area contributed by atoms with Crippen LogP contribution in [0.15, 0.2) is 73.1 Å². The Morgan fingerprint density at radius 2 is 1.83 bits per heavy atom. The molecule has 1 aromatic heterocycles. The molecule has 0 radical (unpaired) electrons. The van der Waals surface area contributed by atoms with Crippen LogP contribution in [0.25, 0.3) is 0 Å². The Kier molecular flexibility index (Phi) is 7.34. The van der Waals surface area contributed by atoms with Gasteiger partial charge in [0.05, 0.1) is 11.4 Å². The summed E-state index contributed by atoms with van der Waals surface area (Å²) in [5.74, 6) is -0.471. The van der Waals surface area contributed by atoms with Crippen LogP contribution in [0.4, 0.5) is 0 Å². The molecule has 0 bridgehead atoms. The molecule has 35 heavy (non-hydrogen) atoms. The van der Waals surface area contributed by atoms with Gasteiger partial charge >= 0.3 is 13.6 Å². The lowest BCUT2D eigenvalue weighted by Crippen LogP contribution is -2.38. The lowest BCUT2D eigenvalue weighted by Gasteiger charge is -2.45. The van der Waals surface area contributed by atoms with Crippen LogP contribution in [0.1, 0.15) is 23.0 Å². The summed E-state index contributed by atoms with van der Waals surface area (Å²) in [6.45, 7) is 0. The van der Waals surface area contributed by atoms with Gasteiger partial charge in [-0.1, -0.05) is 54.1 Å². The molecule has 184 valence electrons. The number of pyridine rings is 1. The summed E-state index contributed by atoms with van der Waals surface area (Å²) >= 11 is 6.26. The van der Waals surface area contributed by atoms with Crippen molar-refractivity contribution in [3.8, 4) is 5.75 Å². The third-order valence-electron chi connectivity index (χ3n) is 5.33. The summed E-state index contributed by atoms with van der Waals surface area (Å²) < 4.78 is 29.1. The number of nitrogens with zero attached hydrogens (tertiary/aromatic N) is 1. The lowest BCUT2D eigenvalue weighted by atomic mass is 10.1. The van der Waals surface area contributed by atoms with Crippen LogP contribution in [0.2, 0.25) is 5.02 Å². The first kappa shape index (κ1) is 25.8. The van der Waals surface area contributed by atoms with E-state index in [4.69, 9.17) is 25.4 Å². The maximum atomic E-state index is 13.1. The van der Waals surface area contributed by atoms with Crippen LogP contribution in [0, 0.1) is 0 Å². The van der Waals surface area contributed by atoms with E-state index >= 15 is 0 Å². The Morgan fingerprint density at radius 3 is 2.46 bits per heavy atom. The predicted octanol–water partition coefficient (Wildman–Crippen LogP) is 4.27. The summed E-state index contributed by atoms with van der Waals surface area (Å²) in [6, 6.07) is 16.2. The average molecular weight is 538 g/mol. The number of carbonyl (C=O) groups is 1. The first-order valence-electron chi connectivity index (χ1n) is 10.3. The van der Waals surface area contributed by atoms with Gasteiger partial charge in [0.1, 0.15) is 5.75 Å². The van der Waals surface area contributed by atoms with Crippen molar-refractivity contribution >= 4 is 38.8 Å². The predicted molar refractivity (Wildman–Crippen MR) is 131 cm³/mol. The molecule has 0 aliphatic carbocycles. The number of hydrogen-bond donors (Lipinski definition) is 3. The van der Waals surface area contributed by atoms with Gasteiger partial charge < -0.3 is 19.6 Å². The van der Waals surface area contributed by atoms with E-state index < -0.39 is 38.7 Å². The van der Waals surface area contributed by atoms with E-state index in [0.717, 1.165) is 5.56 Å². The number of benzene rings is 2. The second kappa shape index (κ2) is 9.97. The van der Waals surface area contributed by atoms with Crippen molar-refractivity contribution in [2.45, 2.75) is 24.2 Å². The summed E-state index contributed by atoms with van der Waals surface area (Å²) in [5.41, 5.74) is 1.30. The molecular weight excluding hydrogens is 516 g/mol. The third-order valence-corrected chi connectivity index (χ3v) is 10.7. The van der Waals surface area contributed by atoms with E-state index in [9.17, 15) is 24.3 Å². The van der Waals surface area contributed by atoms with Gasteiger partial charge in [-0.25, -0.2) is 0 Å². The van der Waals surface area contributed by atoms with E-state index in [2.05, 4.69) is 11.3 Å². The molecule has 4 unspecified atom stereocenters. The van der Waals surface area contributed by atoms with Crippen LogP contribution in [0.5, 0.6) is 5.75 Å². The molecule has 9 nitrogen and oxygen atoms in total. The van der Waals surface area contributed by atoms with Gasteiger partial charge in [0, 0.05) is 24.4 Å². The molecular formula is C23H22ClNO8P2. The second-order valence-corrected chi connectivity index (χ2v) is 13.0. The molecule has 2 aromatic carbocycles. The highest BCUT2D eigenvalue weighted by atomic mass is 35.5. The van der Waals surface area contributed by atoms with Crippen LogP contribution in [0.3, 0.4) is 0 Å². The zero-order chi connectivity index (χ0) is 25.3. The molecule has 2 heterocycles. The van der Waals surface area contributed by atoms with Crippen LogP contribution in [-0.4, -0.2) is 37.2 Å². The fourth-order valence-corrected chi connectivity index (χ4v) is 7.68. The van der Waals surface area contributed by atoms with Gasteiger partial charge in [-0.15, -0.1) is 0 Å². The maximum Gasteiger partial charge on any atom is 0.371 e. The van der Waals surface area contributed by atoms with Crippen molar-refractivity contribution < 1.29 is 38.0 Å². The molecule has 1 fully saturated rings. The molecule has 12 heteroatoms. The summed E-state index contributed by atoms with van der Waals surface area (Å²) in [5, 5.41) is 8.36. The average Bonchev–Trinajstić information content (AvgIpc) is 2.80. The number of aliphatic hydroxyl groups is 1. The number of hydrogen-bond acceptors (Lipinski definition) is 8. The minimum absolute atomic E-state index is 0.00557. The monoisotopic (exact) mass is 537 g/mol. The molecule has 0 amide bonds. The Morgan fingerprint density at radius 1 is 1.11 bits per heavy atom. The Balaban J connectivity index is 1.52. The highest BCUT2D eigenvalue weighted by molar-refractivity contribution is 7.78. The first-order chi connectivity index (χ1) is 16.5. The van der Waals surface area contributed by atoms with Crippen molar-refractivity contribution in [2.24, 2.45) is 0 Å². The highest BCUT2D eigenvalue weighted by Gasteiger charge is 2.62. The molecule has 1 aliphatic rings. The van der Waals surface area contributed by atoms with Crippen LogP contribution < -0.4 is 4.74 Å². The molecule has 3 N–H and O–H groups in total. The van der Waals surface area contributed by atoms with E-state index in [-0.39, 0.29) is 22.8 Å². The SMILES string of the molecule is C=P1(O)OC(c2ccc(OC(=O)Cc3ccccc3)c(Cl)c2)OP(=O)(O)C1(O)Cc1cccnc1. The number of carbonyl (C=O) groups excluding carboxylic acids is 1. The zero-order valence-electron chi connectivity index (χ0n) is 18.2. The molecule has 3 aromatic rings. The number of halogens is 1. The normalized spacial score (nSPS) is 28.4. The Labute approximate surface area is 206 Å². The molecule has 0 saturated carbocycles. The van der Waals surface area contributed by atoms with E-state index in [1.807, 2.05) is 6.07 Å². The molecule has 0 spiro atoms. The summed E-state index contributed by atoms with van der Waals surface area (Å²) in [7, 11) is -9.04. The topological polar surface area (TPSA) is 135 Å². The summed E-state index contributed by atoms with van der Waals surface area (Å²) in [4.78, 5) is 37.7. The van der Waals surface area contributed by atoms with Crippen LogP contribution in [-0.2, 0) is 31.2 Å². The second-order valence-electron chi connectivity index (χ2n) is 7.90. The number of esters is 1. The standard InChI is InChI=1S/C23H22ClNO8P2/c1-34(28)23(27,14-17-8-5-11-25-15-17)35(29,30)33-22(32-34)18-9-10-20(19(24)13-18)31-21(26)12-16-6-3-2-4-7-16/h2-11,13,15,22,27-28H,1,12,14H2,(H,29,30). The Hall–Kier alpha value is -2.32. The van der Waals surface area contributed by atoms with Crippen molar-refractivity contribution in [1.82, 2.24) is 4.98 Å². The van der Waals surface area contributed by atoms with Gasteiger partial charge in [0.2, 0.25) is 5.08 Å². The molecule has 4 atom stereocenters. The van der Waals surface area contributed by atoms with Crippen molar-refractivity contribution in [2.75, 3.05) is 0 Å². The number of aromatic nitrogens is 1. The fraction of sp³-hybridized carbons (Fsp3) is 0.174. The largest absolute Gasteiger partial charge is 0.425 e. The highest BCUT2D eigenvalue weighted by Crippen LogP contribution is 2.78.